The van der Waals surface area contributed by atoms with E-state index in [2.05, 4.69) is 31.2 Å². The lowest BCUT2D eigenvalue weighted by Crippen LogP contribution is -2.29. The average molecular weight is 549 g/mol. The Labute approximate surface area is 220 Å². The van der Waals surface area contributed by atoms with Crippen molar-refractivity contribution in [2.45, 2.75) is 57.2 Å². The third-order valence-electron chi connectivity index (χ3n) is 7.33. The number of nitrogens with one attached hydrogen (secondary N) is 3. The molecule has 0 saturated heterocycles. The van der Waals surface area contributed by atoms with Crippen LogP contribution in [0.2, 0.25) is 0 Å². The zero-order valence-electron chi connectivity index (χ0n) is 20.6. The first-order valence-corrected chi connectivity index (χ1v) is 13.5. The zero-order valence-corrected chi connectivity index (χ0v) is 21.4. The van der Waals surface area contributed by atoms with Crippen molar-refractivity contribution in [1.82, 2.24) is 29.9 Å². The molecule has 202 valence electrons. The number of carbonyl (C=O) groups excluding carboxylic acids is 2. The van der Waals surface area contributed by atoms with E-state index in [0.29, 0.717) is 47.6 Å². The van der Waals surface area contributed by atoms with Crippen LogP contribution < -0.4 is 16.0 Å². The molecular weight excluding hydrogens is 521 g/mol. The number of halogens is 3. The Balaban J connectivity index is 1.26. The molecule has 3 aliphatic rings. The predicted octanol–water partition coefficient (Wildman–Crippen LogP) is 3.92. The predicted molar refractivity (Wildman–Crippen MR) is 134 cm³/mol. The molecule has 2 saturated carbocycles. The second-order valence-electron chi connectivity index (χ2n) is 10.2. The highest BCUT2D eigenvalue weighted by Crippen LogP contribution is 2.43. The normalized spacial score (nSPS) is 22.3. The maximum atomic E-state index is 13.5. The van der Waals surface area contributed by atoms with Crippen molar-refractivity contribution in [3.8, 4) is 0 Å². The van der Waals surface area contributed by atoms with Gasteiger partial charge in [0, 0.05) is 30.6 Å². The Hall–Kier alpha value is -3.42. The van der Waals surface area contributed by atoms with E-state index in [4.69, 9.17) is 0 Å². The molecule has 14 heteroatoms. The van der Waals surface area contributed by atoms with E-state index in [1.54, 1.807) is 13.4 Å². The van der Waals surface area contributed by atoms with E-state index < -0.39 is 24.4 Å². The monoisotopic (exact) mass is 548 g/mol. The highest BCUT2D eigenvalue weighted by molar-refractivity contribution is 7.17. The Morgan fingerprint density at radius 3 is 2.74 bits per heavy atom. The molecule has 10 nitrogen and oxygen atoms in total. The molecule has 3 aromatic heterocycles. The van der Waals surface area contributed by atoms with Gasteiger partial charge in [0.2, 0.25) is 11.9 Å². The van der Waals surface area contributed by atoms with Gasteiger partial charge in [-0.15, -0.1) is 21.5 Å². The quantitative estimate of drug-likeness (QED) is 0.373. The van der Waals surface area contributed by atoms with E-state index in [-0.39, 0.29) is 24.1 Å². The maximum absolute atomic E-state index is 13.5. The van der Waals surface area contributed by atoms with Crippen LogP contribution in [0.15, 0.2) is 12.4 Å². The molecule has 6 rings (SSSR count). The van der Waals surface area contributed by atoms with Crippen molar-refractivity contribution in [2.75, 3.05) is 17.2 Å². The van der Waals surface area contributed by atoms with Gasteiger partial charge >= 0.3 is 0 Å². The molecule has 0 aromatic carbocycles. The van der Waals surface area contributed by atoms with Crippen LogP contribution in [-0.2, 0) is 24.7 Å². The summed E-state index contributed by atoms with van der Waals surface area (Å²) in [5, 5.41) is 21.3. The van der Waals surface area contributed by atoms with Crippen LogP contribution in [0.1, 0.15) is 64.6 Å². The molecule has 3 N–H and O–H groups in total. The van der Waals surface area contributed by atoms with E-state index in [0.717, 1.165) is 29.7 Å². The number of aryl methyl sites for hydroxylation is 2. The first-order chi connectivity index (χ1) is 18.3. The first-order valence-electron chi connectivity index (χ1n) is 12.6. The van der Waals surface area contributed by atoms with Gasteiger partial charge < -0.3 is 16.0 Å². The Morgan fingerprint density at radius 1 is 1.26 bits per heavy atom. The number of carbonyl (C=O) groups is 2. The van der Waals surface area contributed by atoms with Gasteiger partial charge in [-0.1, -0.05) is 0 Å². The number of thiophene rings is 1. The largest absolute Gasteiger partial charge is 0.352 e. The van der Waals surface area contributed by atoms with Gasteiger partial charge in [-0.25, -0.2) is 13.2 Å². The van der Waals surface area contributed by atoms with Gasteiger partial charge in [-0.05, 0) is 50.0 Å². The second-order valence-corrected chi connectivity index (χ2v) is 11.3. The molecule has 0 bridgehead atoms. The number of amides is 2. The number of hydrogen-bond acceptors (Lipinski definition) is 7. The summed E-state index contributed by atoms with van der Waals surface area (Å²) in [5.41, 5.74) is 0.946. The smallest absolute Gasteiger partial charge is 0.282 e. The maximum Gasteiger partial charge on any atom is 0.282 e. The van der Waals surface area contributed by atoms with Crippen molar-refractivity contribution in [3.63, 3.8) is 0 Å². The van der Waals surface area contributed by atoms with E-state index >= 15 is 0 Å². The molecule has 3 aromatic rings. The standard InChI is InChI=1S/C24H27F3N8O2S/c1-34-18(8-16(33-34)20(26)27)30-24-32-29-10-35(24)12-4-5-17-14(6-12)19(22(37)28-9-11-2-3-11)23(38-17)31-21(36)13-7-15(13)25/h8,10-13,15,20H,2-7,9H2,1H3,(H,28,37)(H,30,32)(H,31,36). The SMILES string of the molecule is Cn1nc(C(F)F)cc1Nc1nncn1C1CCc2sc(NC(=O)C3CC3F)c(C(=O)NCC3CC3)c2C1. The fraction of sp³-hybridized carbons (Fsp3) is 0.542. The van der Waals surface area contributed by atoms with Crippen molar-refractivity contribution < 1.29 is 22.8 Å². The van der Waals surface area contributed by atoms with Crippen LogP contribution in [0.25, 0.3) is 0 Å². The highest BCUT2D eigenvalue weighted by atomic mass is 32.1. The molecule has 3 aliphatic carbocycles. The van der Waals surface area contributed by atoms with Crippen LogP contribution in [0.3, 0.4) is 0 Å². The van der Waals surface area contributed by atoms with E-state index in [1.165, 1.54) is 22.1 Å². The van der Waals surface area contributed by atoms with Crippen LogP contribution in [0.4, 0.5) is 29.9 Å². The molecule has 0 radical (unpaired) electrons. The summed E-state index contributed by atoms with van der Waals surface area (Å²) in [7, 11) is 1.56. The van der Waals surface area contributed by atoms with Crippen LogP contribution in [0.5, 0.6) is 0 Å². The lowest BCUT2D eigenvalue weighted by molar-refractivity contribution is -0.117. The molecule has 3 atom stereocenters. The number of nitrogens with zero attached hydrogens (tertiary/aromatic N) is 5. The Kier molecular flexibility index (Phi) is 6.36. The zero-order chi connectivity index (χ0) is 26.6. The molecule has 3 heterocycles. The number of fused-ring (bicyclic) bond motifs is 1. The van der Waals surface area contributed by atoms with Crippen LogP contribution in [0, 0.1) is 11.8 Å². The Bertz CT molecular complexity index is 1380. The molecule has 0 spiro atoms. The number of rotatable bonds is 9. The summed E-state index contributed by atoms with van der Waals surface area (Å²) >= 11 is 1.37. The van der Waals surface area contributed by atoms with Crippen molar-refractivity contribution >= 4 is 39.9 Å². The fourth-order valence-corrected chi connectivity index (χ4v) is 6.09. The summed E-state index contributed by atoms with van der Waals surface area (Å²) in [6, 6.07) is 1.15. The summed E-state index contributed by atoms with van der Waals surface area (Å²) < 4.78 is 42.8. The number of anilines is 3. The molecular formula is C24H27F3N8O2S. The van der Waals surface area contributed by atoms with Crippen molar-refractivity contribution in [3.05, 3.63) is 34.1 Å². The van der Waals surface area contributed by atoms with Crippen LogP contribution in [-0.4, -0.2) is 49.1 Å². The van der Waals surface area contributed by atoms with Gasteiger partial charge in [0.15, 0.2) is 0 Å². The molecule has 2 amide bonds. The summed E-state index contributed by atoms with van der Waals surface area (Å²) in [4.78, 5) is 26.9. The topological polar surface area (TPSA) is 119 Å². The fourth-order valence-electron chi connectivity index (χ4n) is 4.85. The van der Waals surface area contributed by atoms with Gasteiger partial charge in [0.25, 0.3) is 12.3 Å². The van der Waals surface area contributed by atoms with E-state index in [1.807, 2.05) is 4.57 Å². The second kappa shape index (κ2) is 9.71. The third-order valence-corrected chi connectivity index (χ3v) is 8.53. The molecule has 0 aliphatic heterocycles. The van der Waals surface area contributed by atoms with Gasteiger partial charge in [-0.2, -0.15) is 5.10 Å². The lowest BCUT2D eigenvalue weighted by atomic mass is 9.91. The minimum Gasteiger partial charge on any atom is -0.352 e. The third kappa shape index (κ3) is 4.88. The number of hydrogen-bond donors (Lipinski definition) is 3. The number of alkyl halides is 3. The minimum absolute atomic E-state index is 0.116. The van der Waals surface area contributed by atoms with Crippen LogP contribution >= 0.6 is 11.3 Å². The van der Waals surface area contributed by atoms with Gasteiger partial charge in [0.05, 0.1) is 11.5 Å². The number of aromatic nitrogens is 5. The lowest BCUT2D eigenvalue weighted by Gasteiger charge is -2.25. The highest BCUT2D eigenvalue weighted by Gasteiger charge is 2.44. The van der Waals surface area contributed by atoms with Gasteiger partial charge in [-0.3, -0.25) is 18.8 Å². The summed E-state index contributed by atoms with van der Waals surface area (Å²) in [6.45, 7) is 0.584. The molecule has 3 unspecified atom stereocenters. The summed E-state index contributed by atoms with van der Waals surface area (Å²) in [6.07, 6.45) is 2.01. The summed E-state index contributed by atoms with van der Waals surface area (Å²) in [5.74, 6) is -0.0943. The van der Waals surface area contributed by atoms with Gasteiger partial charge in [0.1, 0.15) is 29.0 Å². The molecule has 2 fully saturated rings. The first kappa shape index (κ1) is 24.9. The van der Waals surface area contributed by atoms with E-state index in [9.17, 15) is 22.8 Å². The average Bonchev–Trinajstić information content (AvgIpc) is 3.72. The van der Waals surface area contributed by atoms with Crippen molar-refractivity contribution in [2.24, 2.45) is 18.9 Å². The minimum atomic E-state index is -2.69. The Morgan fingerprint density at radius 2 is 2.05 bits per heavy atom. The van der Waals surface area contributed by atoms with Crippen molar-refractivity contribution in [1.29, 1.82) is 0 Å². The molecule has 38 heavy (non-hydrogen) atoms.